The fraction of sp³-hybridized carbons (Fsp3) is 0.263. The Morgan fingerprint density at radius 1 is 1.22 bits per heavy atom. The van der Waals surface area contributed by atoms with E-state index >= 15 is 0 Å². The summed E-state index contributed by atoms with van der Waals surface area (Å²) in [6.45, 7) is 2.83. The molecule has 0 aliphatic rings. The van der Waals surface area contributed by atoms with E-state index in [0.29, 0.717) is 33.9 Å². The molecule has 27 heavy (non-hydrogen) atoms. The first-order chi connectivity index (χ1) is 13.0. The van der Waals surface area contributed by atoms with Gasteiger partial charge in [0, 0.05) is 33.8 Å². The van der Waals surface area contributed by atoms with Crippen LogP contribution in [0.4, 0.5) is 5.69 Å². The summed E-state index contributed by atoms with van der Waals surface area (Å²) in [4.78, 5) is 11.8. The maximum Gasteiger partial charge on any atom is 0.338 e. The summed E-state index contributed by atoms with van der Waals surface area (Å²) in [7, 11) is 0. The molecule has 2 aromatic carbocycles. The number of nitrogens with one attached hydrogen (secondary N) is 2. The summed E-state index contributed by atoms with van der Waals surface area (Å²) in [6, 6.07) is 12.6. The standard InChI is InChI=1S/C19H20Cl2N2O2S2/c1-2-25-18(24)13-4-3-5-16(10-13)23-19(26)22-8-9-27-12-14-6-7-15(20)11-17(14)21/h3-7,10-11H,2,8-9,12H2,1H3,(H2,22,23,26). The van der Waals surface area contributed by atoms with Gasteiger partial charge < -0.3 is 15.4 Å². The van der Waals surface area contributed by atoms with Crippen LogP contribution in [0, 0.1) is 0 Å². The first-order valence-corrected chi connectivity index (χ1v) is 10.6. The lowest BCUT2D eigenvalue weighted by Crippen LogP contribution is -2.30. The van der Waals surface area contributed by atoms with Crippen molar-refractivity contribution in [1.82, 2.24) is 5.32 Å². The third kappa shape index (κ3) is 7.58. The Labute approximate surface area is 179 Å². The molecule has 0 aliphatic carbocycles. The van der Waals surface area contributed by atoms with E-state index < -0.39 is 0 Å². The molecule has 0 saturated carbocycles. The average molecular weight is 443 g/mol. The first-order valence-electron chi connectivity index (χ1n) is 8.33. The van der Waals surface area contributed by atoms with Gasteiger partial charge in [0.05, 0.1) is 12.2 Å². The maximum absolute atomic E-state index is 11.8. The van der Waals surface area contributed by atoms with E-state index in [1.807, 2.05) is 18.2 Å². The van der Waals surface area contributed by atoms with Gasteiger partial charge in [-0.1, -0.05) is 35.3 Å². The molecule has 0 saturated heterocycles. The van der Waals surface area contributed by atoms with Gasteiger partial charge in [0.25, 0.3) is 0 Å². The normalized spacial score (nSPS) is 10.3. The van der Waals surface area contributed by atoms with Gasteiger partial charge in [-0.3, -0.25) is 0 Å². The van der Waals surface area contributed by atoms with E-state index in [1.54, 1.807) is 43.0 Å². The highest BCUT2D eigenvalue weighted by Crippen LogP contribution is 2.24. The molecule has 0 radical (unpaired) electrons. The Bertz CT molecular complexity index is 803. The van der Waals surface area contributed by atoms with E-state index in [1.165, 1.54) is 0 Å². The molecule has 144 valence electrons. The summed E-state index contributed by atoms with van der Waals surface area (Å²) in [5, 5.41) is 8.04. The monoisotopic (exact) mass is 442 g/mol. The predicted octanol–water partition coefficient (Wildman–Crippen LogP) is 5.39. The topological polar surface area (TPSA) is 50.4 Å². The number of carbonyl (C=O) groups excluding carboxylic acids is 1. The smallest absolute Gasteiger partial charge is 0.338 e. The van der Waals surface area contributed by atoms with Crippen LogP contribution in [0.5, 0.6) is 0 Å². The Kier molecular flexibility index (Phi) is 9.21. The van der Waals surface area contributed by atoms with E-state index in [-0.39, 0.29) is 5.97 Å². The van der Waals surface area contributed by atoms with Crippen LogP contribution in [0.25, 0.3) is 0 Å². The number of rotatable bonds is 8. The van der Waals surface area contributed by atoms with Crippen LogP contribution in [0.15, 0.2) is 42.5 Å². The molecule has 2 aromatic rings. The van der Waals surface area contributed by atoms with Crippen molar-refractivity contribution in [1.29, 1.82) is 0 Å². The van der Waals surface area contributed by atoms with E-state index in [2.05, 4.69) is 10.6 Å². The van der Waals surface area contributed by atoms with Gasteiger partial charge >= 0.3 is 5.97 Å². The molecule has 0 unspecified atom stereocenters. The van der Waals surface area contributed by atoms with E-state index in [4.69, 9.17) is 40.2 Å². The van der Waals surface area contributed by atoms with Crippen LogP contribution in [-0.4, -0.2) is 30.0 Å². The molecule has 4 nitrogen and oxygen atoms in total. The molecule has 2 N–H and O–H groups in total. The van der Waals surface area contributed by atoms with Gasteiger partial charge in [-0.05, 0) is 55.0 Å². The molecule has 0 bridgehead atoms. The summed E-state index contributed by atoms with van der Waals surface area (Å²) < 4.78 is 5.00. The molecule has 0 aromatic heterocycles. The van der Waals surface area contributed by atoms with Crippen LogP contribution in [0.3, 0.4) is 0 Å². The summed E-state index contributed by atoms with van der Waals surface area (Å²) in [5.74, 6) is 1.32. The highest BCUT2D eigenvalue weighted by Gasteiger charge is 2.07. The molecule has 0 amide bonds. The van der Waals surface area contributed by atoms with Crippen LogP contribution in [0.2, 0.25) is 10.0 Å². The Hall–Kier alpha value is -1.47. The quantitative estimate of drug-likeness (QED) is 0.324. The predicted molar refractivity (Wildman–Crippen MR) is 119 cm³/mol. The number of benzene rings is 2. The first kappa shape index (κ1) is 21.8. The molecule has 0 heterocycles. The van der Waals surface area contributed by atoms with Crippen molar-refractivity contribution in [3.8, 4) is 0 Å². The number of anilines is 1. The molecule has 8 heteroatoms. The van der Waals surface area contributed by atoms with Gasteiger partial charge in [-0.15, -0.1) is 0 Å². The zero-order chi connectivity index (χ0) is 19.6. The number of carbonyl (C=O) groups is 1. The summed E-state index contributed by atoms with van der Waals surface area (Å²) in [6.07, 6.45) is 0. The lowest BCUT2D eigenvalue weighted by atomic mass is 10.2. The second-order valence-corrected chi connectivity index (χ2v) is 7.83. The van der Waals surface area contributed by atoms with Crippen molar-refractivity contribution in [2.24, 2.45) is 0 Å². The van der Waals surface area contributed by atoms with Gasteiger partial charge in [-0.25, -0.2) is 4.79 Å². The van der Waals surface area contributed by atoms with Crippen molar-refractivity contribution in [3.05, 3.63) is 63.6 Å². The maximum atomic E-state index is 11.8. The Morgan fingerprint density at radius 3 is 2.78 bits per heavy atom. The zero-order valence-corrected chi connectivity index (χ0v) is 17.9. The lowest BCUT2D eigenvalue weighted by molar-refractivity contribution is 0.0526. The molecule has 0 fully saturated rings. The van der Waals surface area contributed by atoms with Crippen molar-refractivity contribution in [2.45, 2.75) is 12.7 Å². The van der Waals surface area contributed by atoms with E-state index in [0.717, 1.165) is 22.8 Å². The van der Waals surface area contributed by atoms with Crippen molar-refractivity contribution in [3.63, 3.8) is 0 Å². The number of halogens is 2. The van der Waals surface area contributed by atoms with Gasteiger partial charge in [-0.2, -0.15) is 11.8 Å². The fourth-order valence-electron chi connectivity index (χ4n) is 2.17. The summed E-state index contributed by atoms with van der Waals surface area (Å²) >= 11 is 19.1. The molecule has 2 rings (SSSR count). The van der Waals surface area contributed by atoms with Gasteiger partial charge in [0.2, 0.25) is 0 Å². The van der Waals surface area contributed by atoms with E-state index in [9.17, 15) is 4.79 Å². The number of esters is 1. The Balaban J connectivity index is 1.72. The van der Waals surface area contributed by atoms with Crippen LogP contribution in [-0.2, 0) is 10.5 Å². The molecular formula is C19H20Cl2N2O2S2. The minimum atomic E-state index is -0.350. The third-order valence-electron chi connectivity index (χ3n) is 3.44. The SMILES string of the molecule is CCOC(=O)c1cccc(NC(=S)NCCSCc2ccc(Cl)cc2Cl)c1. The largest absolute Gasteiger partial charge is 0.462 e. The number of thiocarbonyl (C=S) groups is 1. The third-order valence-corrected chi connectivity index (χ3v) is 5.28. The second kappa shape index (κ2) is 11.4. The minimum Gasteiger partial charge on any atom is -0.462 e. The minimum absolute atomic E-state index is 0.343. The average Bonchev–Trinajstić information content (AvgIpc) is 2.63. The Morgan fingerprint density at radius 2 is 2.04 bits per heavy atom. The molecular weight excluding hydrogens is 423 g/mol. The molecule has 0 atom stereocenters. The number of hydrogen-bond acceptors (Lipinski definition) is 4. The molecule has 0 spiro atoms. The van der Waals surface area contributed by atoms with Gasteiger partial charge in [0.15, 0.2) is 5.11 Å². The van der Waals surface area contributed by atoms with Crippen LogP contribution < -0.4 is 10.6 Å². The van der Waals surface area contributed by atoms with Crippen molar-refractivity contribution < 1.29 is 9.53 Å². The van der Waals surface area contributed by atoms with Crippen molar-refractivity contribution in [2.75, 3.05) is 24.2 Å². The zero-order valence-electron chi connectivity index (χ0n) is 14.8. The van der Waals surface area contributed by atoms with Crippen molar-refractivity contribution >= 4 is 64.0 Å². The second-order valence-electron chi connectivity index (χ2n) is 5.47. The highest BCUT2D eigenvalue weighted by molar-refractivity contribution is 7.98. The highest BCUT2D eigenvalue weighted by atomic mass is 35.5. The fourth-order valence-corrected chi connectivity index (χ4v) is 3.81. The summed E-state index contributed by atoms with van der Waals surface area (Å²) in [5.41, 5.74) is 2.28. The lowest BCUT2D eigenvalue weighted by Gasteiger charge is -2.11. The molecule has 0 aliphatic heterocycles. The number of ether oxygens (including phenoxy) is 1. The van der Waals surface area contributed by atoms with Crippen LogP contribution in [0.1, 0.15) is 22.8 Å². The number of thioether (sulfide) groups is 1. The number of hydrogen-bond donors (Lipinski definition) is 2. The van der Waals surface area contributed by atoms with Crippen LogP contribution >= 0.6 is 47.2 Å². The van der Waals surface area contributed by atoms with Gasteiger partial charge in [0.1, 0.15) is 0 Å².